The number of carbonyl (C=O) groups is 1. The van der Waals surface area contributed by atoms with Gasteiger partial charge in [-0.05, 0) is 57.1 Å². The van der Waals surface area contributed by atoms with Gasteiger partial charge in [0, 0.05) is 33.9 Å². The number of benzene rings is 2. The average molecular weight is 442 g/mol. The first kappa shape index (κ1) is 19.9. The molecule has 0 saturated carbocycles. The highest BCUT2D eigenvalue weighted by molar-refractivity contribution is 5.97. The molecule has 2 aromatic carbocycles. The van der Waals surface area contributed by atoms with Crippen LogP contribution in [0.2, 0.25) is 0 Å². The van der Waals surface area contributed by atoms with E-state index >= 15 is 0 Å². The topological polar surface area (TPSA) is 110 Å². The first-order chi connectivity index (χ1) is 16.2. The van der Waals surface area contributed by atoms with Crippen LogP contribution in [0.1, 0.15) is 40.8 Å². The highest BCUT2D eigenvalue weighted by Crippen LogP contribution is 2.39. The van der Waals surface area contributed by atoms with Gasteiger partial charge in [0.1, 0.15) is 11.9 Å². The molecule has 8 nitrogen and oxygen atoms in total. The fraction of sp³-hybridized carbons (Fsp3) is 0.280. The monoisotopic (exact) mass is 441 g/mol. The minimum absolute atomic E-state index is 0.0681. The number of piperidine rings is 1. The Bertz CT molecular complexity index is 1300. The third-order valence-corrected chi connectivity index (χ3v) is 6.61. The summed E-state index contributed by atoms with van der Waals surface area (Å²) < 4.78 is 0. The van der Waals surface area contributed by atoms with Gasteiger partial charge in [0.15, 0.2) is 0 Å². The zero-order valence-corrected chi connectivity index (χ0v) is 18.5. The van der Waals surface area contributed by atoms with Gasteiger partial charge in [-0.1, -0.05) is 24.3 Å². The Morgan fingerprint density at radius 3 is 2.70 bits per heavy atom. The number of aromatic amines is 2. The molecule has 0 aliphatic carbocycles. The molecule has 4 aromatic rings. The van der Waals surface area contributed by atoms with Gasteiger partial charge in [0.2, 0.25) is 0 Å². The van der Waals surface area contributed by atoms with Crippen molar-refractivity contribution in [1.82, 2.24) is 25.8 Å². The summed E-state index contributed by atoms with van der Waals surface area (Å²) in [5.74, 6) is -0.0681. The van der Waals surface area contributed by atoms with Crippen LogP contribution >= 0.6 is 0 Å². The molecule has 2 aromatic heterocycles. The number of aromatic nitrogens is 3. The Morgan fingerprint density at radius 1 is 1.03 bits per heavy atom. The lowest BCUT2D eigenvalue weighted by Gasteiger charge is -2.24. The number of aryl methyl sites for hydroxylation is 1. The van der Waals surface area contributed by atoms with Crippen molar-refractivity contribution in [3.8, 4) is 11.3 Å². The molecule has 33 heavy (non-hydrogen) atoms. The predicted molar refractivity (Wildman–Crippen MR) is 130 cm³/mol. The predicted octanol–water partition coefficient (Wildman–Crippen LogP) is 3.88. The maximum atomic E-state index is 13.1. The minimum Gasteiger partial charge on any atom is -0.359 e. The molecule has 2 aliphatic rings. The van der Waals surface area contributed by atoms with Crippen molar-refractivity contribution in [3.05, 3.63) is 65.5 Å². The van der Waals surface area contributed by atoms with Crippen LogP contribution < -0.4 is 21.3 Å². The quantitative estimate of drug-likeness (QED) is 0.288. The Labute approximate surface area is 191 Å². The normalized spacial score (nSPS) is 18.0. The Morgan fingerprint density at radius 2 is 1.85 bits per heavy atom. The van der Waals surface area contributed by atoms with E-state index in [4.69, 9.17) is 0 Å². The van der Waals surface area contributed by atoms with Crippen LogP contribution in [0.5, 0.6) is 0 Å². The Balaban J connectivity index is 1.24. The molecule has 1 fully saturated rings. The summed E-state index contributed by atoms with van der Waals surface area (Å²) in [5.41, 5.74) is 7.34. The molecule has 1 atom stereocenters. The van der Waals surface area contributed by atoms with E-state index in [1.54, 1.807) is 0 Å². The number of para-hydroxylation sites is 1. The molecule has 8 heteroatoms. The van der Waals surface area contributed by atoms with Gasteiger partial charge in [-0.25, -0.2) is 0 Å². The smallest absolute Gasteiger partial charge is 0.255 e. The van der Waals surface area contributed by atoms with Gasteiger partial charge in [0.05, 0.1) is 16.9 Å². The summed E-state index contributed by atoms with van der Waals surface area (Å²) in [6.45, 7) is 3.76. The molecule has 168 valence electrons. The second-order valence-corrected chi connectivity index (χ2v) is 8.86. The summed E-state index contributed by atoms with van der Waals surface area (Å²) in [6.07, 6.45) is 1.61. The van der Waals surface area contributed by atoms with Gasteiger partial charge in [-0.15, -0.1) is 0 Å². The van der Waals surface area contributed by atoms with Crippen LogP contribution in [-0.2, 0) is 0 Å². The first-order valence-corrected chi connectivity index (χ1v) is 11.5. The Kier molecular flexibility index (Phi) is 4.80. The fourth-order valence-corrected chi connectivity index (χ4v) is 4.84. The van der Waals surface area contributed by atoms with Crippen LogP contribution in [0.4, 0.5) is 11.4 Å². The third-order valence-electron chi connectivity index (χ3n) is 6.61. The second-order valence-electron chi connectivity index (χ2n) is 8.86. The second kappa shape index (κ2) is 7.97. The number of hydrogen-bond donors (Lipinski definition) is 6. The minimum atomic E-state index is -0.281. The van der Waals surface area contributed by atoms with E-state index in [1.165, 1.54) is 5.39 Å². The molecule has 0 bridgehead atoms. The number of carbonyl (C=O) groups excluding carboxylic acids is 1. The summed E-state index contributed by atoms with van der Waals surface area (Å²) in [4.78, 5) is 16.6. The van der Waals surface area contributed by atoms with Gasteiger partial charge >= 0.3 is 0 Å². The van der Waals surface area contributed by atoms with Crippen molar-refractivity contribution in [2.75, 3.05) is 23.7 Å². The fourth-order valence-electron chi connectivity index (χ4n) is 4.84. The van der Waals surface area contributed by atoms with Crippen LogP contribution in [0.15, 0.2) is 48.5 Å². The maximum absolute atomic E-state index is 13.1. The van der Waals surface area contributed by atoms with Gasteiger partial charge in [0.25, 0.3) is 5.91 Å². The molecule has 6 rings (SSSR count). The molecular weight excluding hydrogens is 414 g/mol. The summed E-state index contributed by atoms with van der Waals surface area (Å²) in [6, 6.07) is 16.9. The lowest BCUT2D eigenvalue weighted by atomic mass is 10.1. The van der Waals surface area contributed by atoms with E-state index in [9.17, 15) is 4.79 Å². The summed E-state index contributed by atoms with van der Waals surface area (Å²) >= 11 is 0. The number of H-pyrrole nitrogens is 2. The Hall–Kier alpha value is -3.78. The zero-order chi connectivity index (χ0) is 22.4. The zero-order valence-electron chi connectivity index (χ0n) is 18.5. The van der Waals surface area contributed by atoms with Crippen LogP contribution in [0.25, 0.3) is 22.2 Å². The number of nitrogens with one attached hydrogen (secondary N) is 6. The SMILES string of the molecule is Cc1[nH]nc(C2Nc3ccc(-c4cc5ccccc5[nH]4)cc3N2)c1C(=O)NC1CCNCC1. The number of nitrogens with zero attached hydrogens (tertiary/aromatic N) is 1. The molecule has 0 spiro atoms. The highest BCUT2D eigenvalue weighted by Gasteiger charge is 2.30. The molecule has 1 saturated heterocycles. The van der Waals surface area contributed by atoms with E-state index < -0.39 is 0 Å². The number of amides is 1. The van der Waals surface area contributed by atoms with E-state index in [1.807, 2.05) is 19.1 Å². The van der Waals surface area contributed by atoms with E-state index in [0.29, 0.717) is 11.3 Å². The summed E-state index contributed by atoms with van der Waals surface area (Å²) in [5, 5.41) is 22.2. The molecule has 4 heterocycles. The number of anilines is 2. The molecule has 1 unspecified atom stereocenters. The standard InChI is InChI=1S/C25H27N7O/c1-14-22(25(33)27-17-8-10-26-11-9-17)23(32-31-14)24-29-19-7-6-16(13-21(19)30-24)20-12-15-4-2-3-5-18(15)28-20/h2-7,12-13,17,24,26,28-30H,8-11H2,1H3,(H,27,33)(H,31,32). The summed E-state index contributed by atoms with van der Waals surface area (Å²) in [7, 11) is 0. The van der Waals surface area contributed by atoms with E-state index in [0.717, 1.165) is 59.8 Å². The van der Waals surface area contributed by atoms with Crippen LogP contribution in [-0.4, -0.2) is 40.2 Å². The molecule has 2 aliphatic heterocycles. The first-order valence-electron chi connectivity index (χ1n) is 11.5. The molecule has 6 N–H and O–H groups in total. The van der Waals surface area contributed by atoms with E-state index in [-0.39, 0.29) is 18.1 Å². The number of hydrogen-bond acceptors (Lipinski definition) is 5. The maximum Gasteiger partial charge on any atom is 0.255 e. The molecule has 0 radical (unpaired) electrons. The van der Waals surface area contributed by atoms with Crippen molar-refractivity contribution in [3.63, 3.8) is 0 Å². The van der Waals surface area contributed by atoms with Gasteiger partial charge < -0.3 is 26.3 Å². The highest BCUT2D eigenvalue weighted by atomic mass is 16.1. The largest absolute Gasteiger partial charge is 0.359 e. The number of fused-ring (bicyclic) bond motifs is 2. The lowest BCUT2D eigenvalue weighted by molar-refractivity contribution is 0.0928. The van der Waals surface area contributed by atoms with Crippen molar-refractivity contribution in [2.24, 2.45) is 0 Å². The van der Waals surface area contributed by atoms with Gasteiger partial charge in [-0.3, -0.25) is 9.89 Å². The van der Waals surface area contributed by atoms with E-state index in [2.05, 4.69) is 72.8 Å². The van der Waals surface area contributed by atoms with Crippen LogP contribution in [0, 0.1) is 6.92 Å². The lowest BCUT2D eigenvalue weighted by Crippen LogP contribution is -2.43. The van der Waals surface area contributed by atoms with Crippen molar-refractivity contribution in [1.29, 1.82) is 0 Å². The number of rotatable bonds is 4. The van der Waals surface area contributed by atoms with Crippen LogP contribution in [0.3, 0.4) is 0 Å². The van der Waals surface area contributed by atoms with Crippen molar-refractivity contribution >= 4 is 28.2 Å². The molecule has 1 amide bonds. The van der Waals surface area contributed by atoms with Crippen molar-refractivity contribution in [2.45, 2.75) is 32.0 Å². The molecular formula is C25H27N7O. The van der Waals surface area contributed by atoms with Crippen molar-refractivity contribution < 1.29 is 4.79 Å². The van der Waals surface area contributed by atoms with Gasteiger partial charge in [-0.2, -0.15) is 5.10 Å². The average Bonchev–Trinajstić information content (AvgIpc) is 3.55. The third kappa shape index (κ3) is 3.62.